The summed E-state index contributed by atoms with van der Waals surface area (Å²) in [5.41, 5.74) is 6.90. The number of rotatable bonds is 5. The molecule has 4 aromatic carbocycles. The minimum absolute atomic E-state index is 0.164. The summed E-state index contributed by atoms with van der Waals surface area (Å²) >= 11 is 0. The fourth-order valence-corrected chi connectivity index (χ4v) is 3.58. The van der Waals surface area contributed by atoms with Gasteiger partial charge in [0, 0.05) is 11.3 Å². The zero-order valence-electron chi connectivity index (χ0n) is 16.6. The van der Waals surface area contributed by atoms with E-state index in [1.807, 2.05) is 43.3 Å². The molecular weight excluding hydrogens is 358 g/mol. The van der Waals surface area contributed by atoms with Crippen molar-refractivity contribution in [3.63, 3.8) is 0 Å². The van der Waals surface area contributed by atoms with Crippen LogP contribution >= 0.6 is 0 Å². The van der Waals surface area contributed by atoms with E-state index in [-0.39, 0.29) is 12.5 Å². The standard InChI is InChI=1S/C25H23N3O/c1-17-11-12-24(18(2)13-17)26-16-25(29)28-27-15-23-21-9-5-3-7-19(21)14-20-8-4-6-10-22(20)23/h3-15,26H,16H2,1-2H3,(H,28,29)/b27-15+. The summed E-state index contributed by atoms with van der Waals surface area (Å²) in [6.07, 6.45) is 1.74. The second kappa shape index (κ2) is 8.15. The topological polar surface area (TPSA) is 53.5 Å². The van der Waals surface area contributed by atoms with Crippen LogP contribution in [0.1, 0.15) is 16.7 Å². The molecule has 0 aromatic heterocycles. The zero-order chi connectivity index (χ0) is 20.2. The van der Waals surface area contributed by atoms with Gasteiger partial charge in [0.1, 0.15) is 0 Å². The molecule has 4 rings (SSSR count). The van der Waals surface area contributed by atoms with Crippen molar-refractivity contribution in [2.75, 3.05) is 11.9 Å². The molecule has 0 aliphatic carbocycles. The Kier molecular flexibility index (Phi) is 5.25. The molecule has 0 saturated heterocycles. The minimum atomic E-state index is -0.189. The molecule has 4 nitrogen and oxygen atoms in total. The lowest BCUT2D eigenvalue weighted by atomic mass is 9.97. The number of aryl methyl sites for hydroxylation is 2. The molecule has 2 N–H and O–H groups in total. The summed E-state index contributed by atoms with van der Waals surface area (Å²) in [5, 5.41) is 11.9. The number of benzene rings is 4. The van der Waals surface area contributed by atoms with Crippen molar-refractivity contribution in [3.8, 4) is 0 Å². The van der Waals surface area contributed by atoms with Gasteiger partial charge in [-0.2, -0.15) is 5.10 Å². The highest BCUT2D eigenvalue weighted by atomic mass is 16.2. The van der Waals surface area contributed by atoms with Crippen molar-refractivity contribution in [2.24, 2.45) is 5.10 Å². The monoisotopic (exact) mass is 381 g/mol. The van der Waals surface area contributed by atoms with Crippen LogP contribution in [0.25, 0.3) is 21.5 Å². The Labute approximate surface area is 170 Å². The number of hydrazone groups is 1. The van der Waals surface area contributed by atoms with Gasteiger partial charge in [-0.3, -0.25) is 4.79 Å². The summed E-state index contributed by atoms with van der Waals surface area (Å²) in [6.45, 7) is 4.24. The lowest BCUT2D eigenvalue weighted by Gasteiger charge is -2.10. The first-order valence-corrected chi connectivity index (χ1v) is 9.65. The van der Waals surface area contributed by atoms with Gasteiger partial charge in [0.15, 0.2) is 0 Å². The second-order valence-corrected chi connectivity index (χ2v) is 7.20. The fourth-order valence-electron chi connectivity index (χ4n) is 3.58. The lowest BCUT2D eigenvalue weighted by Crippen LogP contribution is -2.26. The third-order valence-corrected chi connectivity index (χ3v) is 5.02. The maximum Gasteiger partial charge on any atom is 0.259 e. The van der Waals surface area contributed by atoms with E-state index in [1.165, 1.54) is 5.56 Å². The quantitative estimate of drug-likeness (QED) is 0.285. The van der Waals surface area contributed by atoms with Crippen LogP contribution in [0.5, 0.6) is 0 Å². The molecule has 0 heterocycles. The van der Waals surface area contributed by atoms with E-state index < -0.39 is 0 Å². The average Bonchev–Trinajstić information content (AvgIpc) is 2.72. The summed E-state index contributed by atoms with van der Waals surface area (Å²) in [4.78, 5) is 12.2. The Balaban J connectivity index is 1.51. The summed E-state index contributed by atoms with van der Waals surface area (Å²) in [5.74, 6) is -0.189. The fraction of sp³-hybridized carbons (Fsp3) is 0.120. The van der Waals surface area contributed by atoms with Gasteiger partial charge in [0.25, 0.3) is 5.91 Å². The SMILES string of the molecule is Cc1ccc(NCC(=O)N/N=C/c2c3ccccc3cc3ccccc23)c(C)c1. The molecule has 0 bridgehead atoms. The predicted octanol–water partition coefficient (Wildman–Crippen LogP) is 5.17. The smallest absolute Gasteiger partial charge is 0.259 e. The van der Waals surface area contributed by atoms with E-state index >= 15 is 0 Å². The largest absolute Gasteiger partial charge is 0.376 e. The van der Waals surface area contributed by atoms with Crippen molar-refractivity contribution >= 4 is 39.4 Å². The summed E-state index contributed by atoms with van der Waals surface area (Å²) in [7, 11) is 0. The van der Waals surface area contributed by atoms with Crippen LogP contribution < -0.4 is 10.7 Å². The molecule has 0 unspecified atom stereocenters. The maximum absolute atomic E-state index is 12.2. The van der Waals surface area contributed by atoms with Crippen molar-refractivity contribution in [1.82, 2.24) is 5.43 Å². The van der Waals surface area contributed by atoms with Crippen LogP contribution in [-0.2, 0) is 4.79 Å². The van der Waals surface area contributed by atoms with Crippen LogP contribution in [0.3, 0.4) is 0 Å². The van der Waals surface area contributed by atoms with Crippen LogP contribution in [0.4, 0.5) is 5.69 Å². The van der Waals surface area contributed by atoms with E-state index in [2.05, 4.69) is 59.2 Å². The third-order valence-electron chi connectivity index (χ3n) is 5.02. The van der Waals surface area contributed by atoms with Gasteiger partial charge in [-0.25, -0.2) is 5.43 Å². The van der Waals surface area contributed by atoms with Crippen molar-refractivity contribution in [1.29, 1.82) is 0 Å². The number of fused-ring (bicyclic) bond motifs is 2. The van der Waals surface area contributed by atoms with Crippen LogP contribution in [-0.4, -0.2) is 18.7 Å². The Bertz CT molecular complexity index is 1170. The van der Waals surface area contributed by atoms with Gasteiger partial charge in [0.2, 0.25) is 0 Å². The van der Waals surface area contributed by atoms with Gasteiger partial charge in [-0.15, -0.1) is 0 Å². The Morgan fingerprint density at radius 1 is 0.897 bits per heavy atom. The minimum Gasteiger partial charge on any atom is -0.376 e. The van der Waals surface area contributed by atoms with Crippen LogP contribution in [0, 0.1) is 13.8 Å². The van der Waals surface area contributed by atoms with E-state index in [4.69, 9.17) is 0 Å². The number of anilines is 1. The highest BCUT2D eigenvalue weighted by molar-refractivity contribution is 6.13. The molecule has 0 radical (unpaired) electrons. The molecule has 0 atom stereocenters. The highest BCUT2D eigenvalue weighted by Crippen LogP contribution is 2.27. The average molecular weight is 381 g/mol. The van der Waals surface area contributed by atoms with Gasteiger partial charge in [0.05, 0.1) is 12.8 Å². The number of hydrogen-bond donors (Lipinski definition) is 2. The molecule has 0 fully saturated rings. The van der Waals surface area contributed by atoms with Crippen LogP contribution in [0.15, 0.2) is 77.9 Å². The van der Waals surface area contributed by atoms with E-state index in [9.17, 15) is 4.79 Å². The number of nitrogens with zero attached hydrogens (tertiary/aromatic N) is 1. The first kappa shape index (κ1) is 18.7. The van der Waals surface area contributed by atoms with Crippen molar-refractivity contribution in [2.45, 2.75) is 13.8 Å². The molecule has 0 aliphatic heterocycles. The van der Waals surface area contributed by atoms with Crippen molar-refractivity contribution < 1.29 is 4.79 Å². The first-order chi connectivity index (χ1) is 14.1. The Hall–Kier alpha value is -3.66. The zero-order valence-corrected chi connectivity index (χ0v) is 16.6. The van der Waals surface area contributed by atoms with Gasteiger partial charge in [-0.1, -0.05) is 66.2 Å². The molecule has 29 heavy (non-hydrogen) atoms. The predicted molar refractivity (Wildman–Crippen MR) is 122 cm³/mol. The van der Waals surface area contributed by atoms with Gasteiger partial charge >= 0.3 is 0 Å². The van der Waals surface area contributed by atoms with Gasteiger partial charge < -0.3 is 5.32 Å². The van der Waals surface area contributed by atoms with E-state index in [1.54, 1.807) is 6.21 Å². The number of carbonyl (C=O) groups excluding carboxylic acids is 1. The first-order valence-electron chi connectivity index (χ1n) is 9.65. The second-order valence-electron chi connectivity index (χ2n) is 7.20. The Morgan fingerprint density at radius 3 is 2.21 bits per heavy atom. The molecule has 4 heteroatoms. The van der Waals surface area contributed by atoms with Crippen molar-refractivity contribution in [3.05, 3.63) is 89.5 Å². The van der Waals surface area contributed by atoms with E-state index in [0.29, 0.717) is 0 Å². The van der Waals surface area contributed by atoms with E-state index in [0.717, 1.165) is 38.4 Å². The highest BCUT2D eigenvalue weighted by Gasteiger charge is 2.06. The molecule has 144 valence electrons. The normalized spacial score (nSPS) is 11.2. The molecule has 0 saturated carbocycles. The molecule has 0 spiro atoms. The molecule has 1 amide bonds. The Morgan fingerprint density at radius 2 is 1.55 bits per heavy atom. The van der Waals surface area contributed by atoms with Gasteiger partial charge in [-0.05, 0) is 53.1 Å². The lowest BCUT2D eigenvalue weighted by molar-refractivity contribution is -0.119. The number of carbonyl (C=O) groups is 1. The molecule has 0 aliphatic rings. The number of nitrogens with one attached hydrogen (secondary N) is 2. The molecular formula is C25H23N3O. The number of hydrogen-bond acceptors (Lipinski definition) is 3. The summed E-state index contributed by atoms with van der Waals surface area (Å²) in [6, 6.07) is 24.7. The molecule has 4 aromatic rings. The maximum atomic E-state index is 12.2. The number of amides is 1. The summed E-state index contributed by atoms with van der Waals surface area (Å²) < 4.78 is 0. The third kappa shape index (κ3) is 4.11. The van der Waals surface area contributed by atoms with Crippen LogP contribution in [0.2, 0.25) is 0 Å².